The van der Waals surface area contributed by atoms with Crippen molar-refractivity contribution in [1.29, 1.82) is 0 Å². The number of pyridine rings is 1. The second-order valence-electron chi connectivity index (χ2n) is 4.14. The molecule has 0 saturated heterocycles. The molecular weight excluding hydrogens is 292 g/mol. The molecule has 0 spiro atoms. The molecule has 0 saturated carbocycles. The molecule has 0 aliphatic heterocycles. The van der Waals surface area contributed by atoms with E-state index in [0.717, 1.165) is 0 Å². The van der Waals surface area contributed by atoms with E-state index in [1.165, 1.54) is 23.1 Å². The Balaban J connectivity index is 2.20. The molecule has 0 amide bonds. The first-order valence-corrected chi connectivity index (χ1v) is 7.58. The van der Waals surface area contributed by atoms with Crippen LogP contribution in [0, 0.1) is 11.8 Å². The van der Waals surface area contributed by atoms with Crippen LogP contribution in [-0.2, 0) is 17.1 Å². The van der Waals surface area contributed by atoms with Crippen molar-refractivity contribution in [1.82, 2.24) is 14.8 Å². The van der Waals surface area contributed by atoms with Crippen LogP contribution in [-0.4, -0.2) is 34.9 Å². The Morgan fingerprint density at radius 1 is 1.43 bits per heavy atom. The molecular formula is C13H14N4O3S. The molecule has 2 heterocycles. The topological polar surface area (TPSA) is 97.1 Å². The van der Waals surface area contributed by atoms with Gasteiger partial charge < -0.3 is 5.11 Å². The highest BCUT2D eigenvalue weighted by atomic mass is 32.2. The maximum absolute atomic E-state index is 12.1. The third-order valence-corrected chi connectivity index (χ3v) is 3.74. The minimum Gasteiger partial charge on any atom is -0.395 e. The third-order valence-electron chi connectivity index (χ3n) is 2.43. The summed E-state index contributed by atoms with van der Waals surface area (Å²) in [6, 6.07) is 4.84. The predicted molar refractivity (Wildman–Crippen MR) is 76.8 cm³/mol. The van der Waals surface area contributed by atoms with Crippen LogP contribution >= 0.6 is 0 Å². The van der Waals surface area contributed by atoms with Gasteiger partial charge in [0.2, 0.25) is 0 Å². The van der Waals surface area contributed by atoms with E-state index in [9.17, 15) is 8.42 Å². The van der Waals surface area contributed by atoms with E-state index < -0.39 is 10.0 Å². The first kappa shape index (κ1) is 15.0. The van der Waals surface area contributed by atoms with Crippen LogP contribution in [0.5, 0.6) is 0 Å². The maximum Gasteiger partial charge on any atom is 0.266 e. The van der Waals surface area contributed by atoms with Crippen molar-refractivity contribution in [3.63, 3.8) is 0 Å². The number of hydrogen-bond donors (Lipinski definition) is 2. The van der Waals surface area contributed by atoms with E-state index in [2.05, 4.69) is 26.6 Å². The van der Waals surface area contributed by atoms with Gasteiger partial charge in [0.05, 0.1) is 12.8 Å². The largest absolute Gasteiger partial charge is 0.395 e. The van der Waals surface area contributed by atoms with E-state index in [0.29, 0.717) is 12.1 Å². The molecule has 110 valence electrons. The van der Waals surface area contributed by atoms with Crippen LogP contribution < -0.4 is 4.72 Å². The fourth-order valence-corrected chi connectivity index (χ4v) is 2.49. The van der Waals surface area contributed by atoms with Crippen molar-refractivity contribution in [2.24, 2.45) is 7.05 Å². The van der Waals surface area contributed by atoms with Crippen molar-refractivity contribution in [3.8, 4) is 11.8 Å². The summed E-state index contributed by atoms with van der Waals surface area (Å²) in [5.74, 6) is 5.64. The molecule has 2 aromatic rings. The normalized spacial score (nSPS) is 10.8. The molecule has 0 bridgehead atoms. The molecule has 2 aromatic heterocycles. The highest BCUT2D eigenvalue weighted by Crippen LogP contribution is 2.13. The summed E-state index contributed by atoms with van der Waals surface area (Å²) in [5, 5.41) is 12.5. The number of nitrogens with one attached hydrogen (secondary N) is 1. The number of anilines is 1. The van der Waals surface area contributed by atoms with Crippen molar-refractivity contribution >= 4 is 15.8 Å². The van der Waals surface area contributed by atoms with E-state index in [1.807, 2.05) is 0 Å². The lowest BCUT2D eigenvalue weighted by molar-refractivity contribution is 0.305. The number of aliphatic hydroxyl groups excluding tert-OH is 1. The molecule has 0 fully saturated rings. The molecule has 2 N–H and O–H groups in total. The van der Waals surface area contributed by atoms with Gasteiger partial charge in [-0.05, 0) is 18.1 Å². The number of nitrogens with zero attached hydrogens (tertiary/aromatic N) is 3. The van der Waals surface area contributed by atoms with E-state index in [4.69, 9.17) is 5.11 Å². The van der Waals surface area contributed by atoms with E-state index in [1.54, 1.807) is 19.2 Å². The standard InChI is InChI=1S/C13H14N4O3S/c1-17-10-12(9-14-17)21(19,20)16-13-7-4-6-11(15-13)5-2-3-8-18/h4,6-7,9-10,18H,3,8H2,1H3,(H,15,16). The molecule has 8 heteroatoms. The predicted octanol–water partition coefficient (Wildman–Crippen LogP) is 0.350. The number of aryl methyl sites for hydroxylation is 1. The molecule has 0 atom stereocenters. The summed E-state index contributed by atoms with van der Waals surface area (Å²) in [5.41, 5.74) is 0.426. The molecule has 2 rings (SSSR count). The Morgan fingerprint density at radius 2 is 2.24 bits per heavy atom. The van der Waals surface area contributed by atoms with Gasteiger partial charge in [0, 0.05) is 19.7 Å². The summed E-state index contributed by atoms with van der Waals surface area (Å²) in [7, 11) is -2.08. The second kappa shape index (κ2) is 6.39. The Hall–Kier alpha value is -2.37. The highest BCUT2D eigenvalue weighted by molar-refractivity contribution is 7.92. The van der Waals surface area contributed by atoms with Crippen molar-refractivity contribution in [2.45, 2.75) is 11.3 Å². The molecule has 0 aliphatic carbocycles. The molecule has 0 unspecified atom stereocenters. The van der Waals surface area contributed by atoms with Crippen molar-refractivity contribution < 1.29 is 13.5 Å². The Morgan fingerprint density at radius 3 is 2.90 bits per heavy atom. The van der Waals surface area contributed by atoms with Crippen LogP contribution in [0.2, 0.25) is 0 Å². The average Bonchev–Trinajstić information content (AvgIpc) is 2.87. The summed E-state index contributed by atoms with van der Waals surface area (Å²) >= 11 is 0. The van der Waals surface area contributed by atoms with Crippen LogP contribution in [0.25, 0.3) is 0 Å². The molecule has 21 heavy (non-hydrogen) atoms. The lowest BCUT2D eigenvalue weighted by Gasteiger charge is -2.05. The number of hydrogen-bond acceptors (Lipinski definition) is 5. The minimum atomic E-state index is -3.72. The van der Waals surface area contributed by atoms with Gasteiger partial charge in [0.1, 0.15) is 16.4 Å². The smallest absolute Gasteiger partial charge is 0.266 e. The molecule has 0 aliphatic rings. The zero-order valence-electron chi connectivity index (χ0n) is 11.3. The minimum absolute atomic E-state index is 0.0275. The van der Waals surface area contributed by atoms with Gasteiger partial charge in [-0.3, -0.25) is 9.40 Å². The van der Waals surface area contributed by atoms with Gasteiger partial charge in [-0.15, -0.1) is 0 Å². The van der Waals surface area contributed by atoms with Gasteiger partial charge in [0.15, 0.2) is 0 Å². The number of sulfonamides is 1. The average molecular weight is 306 g/mol. The monoisotopic (exact) mass is 306 g/mol. The van der Waals surface area contributed by atoms with Gasteiger partial charge in [-0.1, -0.05) is 12.0 Å². The van der Waals surface area contributed by atoms with Crippen molar-refractivity contribution in [3.05, 3.63) is 36.3 Å². The summed E-state index contributed by atoms with van der Waals surface area (Å²) in [6.07, 6.45) is 2.99. The Bertz CT molecular complexity index is 787. The SMILES string of the molecule is Cn1cc(S(=O)(=O)Nc2cccc(C#CCCO)n2)cn1. The maximum atomic E-state index is 12.1. The van der Waals surface area contributed by atoms with Gasteiger partial charge in [-0.2, -0.15) is 5.10 Å². The third kappa shape index (κ3) is 4.05. The van der Waals surface area contributed by atoms with Gasteiger partial charge in [-0.25, -0.2) is 13.4 Å². The Labute approximate surface area is 122 Å². The summed E-state index contributed by atoms with van der Waals surface area (Å²) in [4.78, 5) is 4.15. The number of aromatic nitrogens is 3. The number of aliphatic hydroxyl groups is 1. The second-order valence-corrected chi connectivity index (χ2v) is 5.82. The van der Waals surface area contributed by atoms with Gasteiger partial charge in [0.25, 0.3) is 10.0 Å². The van der Waals surface area contributed by atoms with Crippen molar-refractivity contribution in [2.75, 3.05) is 11.3 Å². The summed E-state index contributed by atoms with van der Waals surface area (Å²) in [6.45, 7) is -0.0275. The number of rotatable bonds is 4. The molecule has 0 aromatic carbocycles. The van der Waals surface area contributed by atoms with E-state index >= 15 is 0 Å². The van der Waals surface area contributed by atoms with Crippen LogP contribution in [0.4, 0.5) is 5.82 Å². The fourth-order valence-electron chi connectivity index (χ4n) is 1.50. The molecule has 7 nitrogen and oxygen atoms in total. The first-order valence-electron chi connectivity index (χ1n) is 6.09. The van der Waals surface area contributed by atoms with Gasteiger partial charge >= 0.3 is 0 Å². The Kier molecular flexibility index (Phi) is 4.57. The molecule has 0 radical (unpaired) electrons. The first-order chi connectivity index (χ1) is 10.0. The highest BCUT2D eigenvalue weighted by Gasteiger charge is 2.16. The lowest BCUT2D eigenvalue weighted by Crippen LogP contribution is -2.13. The zero-order chi connectivity index (χ0) is 15.3. The fraction of sp³-hybridized carbons (Fsp3) is 0.231. The van der Waals surface area contributed by atoms with Crippen LogP contribution in [0.1, 0.15) is 12.1 Å². The van der Waals surface area contributed by atoms with E-state index in [-0.39, 0.29) is 17.3 Å². The summed E-state index contributed by atoms with van der Waals surface area (Å²) < 4.78 is 28.0. The van der Waals surface area contributed by atoms with Crippen LogP contribution in [0.3, 0.4) is 0 Å². The zero-order valence-corrected chi connectivity index (χ0v) is 12.1. The lowest BCUT2D eigenvalue weighted by atomic mass is 10.3. The van der Waals surface area contributed by atoms with Crippen LogP contribution in [0.15, 0.2) is 35.5 Å². The quantitative estimate of drug-likeness (QED) is 0.794.